The monoisotopic (exact) mass is 165 g/mol. The molecule has 0 saturated heterocycles. The molecule has 1 nitrogen and oxygen atoms in total. The molecular formula is C11H19N. The van der Waals surface area contributed by atoms with Gasteiger partial charge in [-0.15, -0.1) is 0 Å². The van der Waals surface area contributed by atoms with Gasteiger partial charge in [0, 0.05) is 6.04 Å². The zero-order valence-corrected chi connectivity index (χ0v) is 7.81. The highest BCUT2D eigenvalue weighted by atomic mass is 14.9. The van der Waals surface area contributed by atoms with Crippen LogP contribution in [0.2, 0.25) is 0 Å². The molecule has 0 aliphatic heterocycles. The van der Waals surface area contributed by atoms with Gasteiger partial charge in [-0.25, -0.2) is 0 Å². The third-order valence-electron chi connectivity index (χ3n) is 2.84. The van der Waals surface area contributed by atoms with Crippen molar-refractivity contribution < 1.29 is 0 Å². The van der Waals surface area contributed by atoms with Crippen LogP contribution in [0.4, 0.5) is 0 Å². The van der Waals surface area contributed by atoms with Crippen molar-refractivity contribution in [3.8, 4) is 0 Å². The van der Waals surface area contributed by atoms with E-state index < -0.39 is 0 Å². The molecule has 0 atom stereocenters. The lowest BCUT2D eigenvalue weighted by atomic mass is 9.97. The van der Waals surface area contributed by atoms with Crippen molar-refractivity contribution in [3.63, 3.8) is 0 Å². The van der Waals surface area contributed by atoms with Gasteiger partial charge in [0.05, 0.1) is 0 Å². The molecule has 1 saturated carbocycles. The fourth-order valence-corrected chi connectivity index (χ4v) is 1.86. The highest BCUT2D eigenvalue weighted by Gasteiger charge is 2.19. The van der Waals surface area contributed by atoms with Crippen LogP contribution in [-0.2, 0) is 0 Å². The van der Waals surface area contributed by atoms with Crippen LogP contribution in [-0.4, -0.2) is 12.6 Å². The summed E-state index contributed by atoms with van der Waals surface area (Å²) in [5.74, 6) is 0. The van der Waals surface area contributed by atoms with E-state index in [1.807, 2.05) is 0 Å². The van der Waals surface area contributed by atoms with Gasteiger partial charge < -0.3 is 5.32 Å². The molecule has 0 unspecified atom stereocenters. The molecule has 12 heavy (non-hydrogen) atoms. The van der Waals surface area contributed by atoms with Crippen molar-refractivity contribution in [3.05, 3.63) is 11.6 Å². The van der Waals surface area contributed by atoms with Crippen molar-refractivity contribution in [1.82, 2.24) is 5.32 Å². The minimum atomic E-state index is 0.884. The predicted octanol–water partition coefficient (Wildman–Crippen LogP) is 2.63. The molecule has 0 radical (unpaired) electrons. The second kappa shape index (κ2) is 4.08. The largest absolute Gasteiger partial charge is 0.314 e. The molecule has 68 valence electrons. The zero-order valence-electron chi connectivity index (χ0n) is 7.81. The number of hydrogen-bond acceptors (Lipinski definition) is 1. The summed E-state index contributed by atoms with van der Waals surface area (Å²) >= 11 is 0. The van der Waals surface area contributed by atoms with E-state index >= 15 is 0 Å². The fourth-order valence-electron chi connectivity index (χ4n) is 1.86. The average Bonchev–Trinajstić information content (AvgIpc) is 2.90. The highest BCUT2D eigenvalue weighted by Crippen LogP contribution is 2.21. The smallest absolute Gasteiger partial charge is 0.00683 e. The Kier molecular flexibility index (Phi) is 2.83. The maximum Gasteiger partial charge on any atom is 0.00683 e. The van der Waals surface area contributed by atoms with E-state index in [4.69, 9.17) is 0 Å². The zero-order chi connectivity index (χ0) is 8.23. The Morgan fingerprint density at radius 1 is 1.33 bits per heavy atom. The molecular weight excluding hydrogens is 146 g/mol. The molecule has 0 heterocycles. The van der Waals surface area contributed by atoms with Crippen molar-refractivity contribution >= 4 is 0 Å². The van der Waals surface area contributed by atoms with E-state index in [9.17, 15) is 0 Å². The van der Waals surface area contributed by atoms with E-state index in [0.29, 0.717) is 0 Å². The first-order chi connectivity index (χ1) is 5.95. The molecule has 0 aromatic carbocycles. The Morgan fingerprint density at radius 3 is 2.92 bits per heavy atom. The van der Waals surface area contributed by atoms with Crippen LogP contribution >= 0.6 is 0 Å². The van der Waals surface area contributed by atoms with Crippen LogP contribution in [0.1, 0.15) is 44.9 Å². The average molecular weight is 165 g/mol. The molecule has 2 rings (SSSR count). The summed E-state index contributed by atoms with van der Waals surface area (Å²) < 4.78 is 0. The third-order valence-corrected chi connectivity index (χ3v) is 2.84. The second-order valence-corrected chi connectivity index (χ2v) is 4.09. The van der Waals surface area contributed by atoms with Crippen molar-refractivity contribution in [2.45, 2.75) is 51.0 Å². The summed E-state index contributed by atoms with van der Waals surface area (Å²) in [6.45, 7) is 1.22. The standard InChI is InChI=1S/C11H19N/c1-2-4-10(5-3-1)8-9-12-11-6-7-11/h4,11-12H,1-3,5-9H2. The summed E-state index contributed by atoms with van der Waals surface area (Å²) in [5, 5.41) is 3.56. The van der Waals surface area contributed by atoms with Crippen molar-refractivity contribution in [2.24, 2.45) is 0 Å². The molecule has 2 aliphatic carbocycles. The number of allylic oxidation sites excluding steroid dienone is 1. The molecule has 1 fully saturated rings. The Morgan fingerprint density at radius 2 is 2.25 bits per heavy atom. The van der Waals surface area contributed by atoms with E-state index in [-0.39, 0.29) is 0 Å². The Balaban J connectivity index is 1.60. The lowest BCUT2D eigenvalue weighted by Gasteiger charge is -2.12. The number of rotatable bonds is 4. The first-order valence-electron chi connectivity index (χ1n) is 5.36. The van der Waals surface area contributed by atoms with Gasteiger partial charge in [0.1, 0.15) is 0 Å². The van der Waals surface area contributed by atoms with E-state index in [1.165, 1.54) is 51.5 Å². The lowest BCUT2D eigenvalue weighted by molar-refractivity contribution is 0.630. The molecule has 0 aromatic heterocycles. The molecule has 0 spiro atoms. The summed E-state index contributed by atoms with van der Waals surface area (Å²) in [6, 6.07) is 0.884. The predicted molar refractivity (Wildman–Crippen MR) is 52.2 cm³/mol. The van der Waals surface area contributed by atoms with Gasteiger partial charge in [0.15, 0.2) is 0 Å². The van der Waals surface area contributed by atoms with E-state index in [1.54, 1.807) is 5.57 Å². The molecule has 2 aliphatic rings. The van der Waals surface area contributed by atoms with Gasteiger partial charge >= 0.3 is 0 Å². The molecule has 0 bridgehead atoms. The molecule has 1 heteroatoms. The summed E-state index contributed by atoms with van der Waals surface area (Å²) in [5.41, 5.74) is 1.70. The fraction of sp³-hybridized carbons (Fsp3) is 0.818. The van der Waals surface area contributed by atoms with Crippen molar-refractivity contribution in [2.75, 3.05) is 6.54 Å². The molecule has 0 aromatic rings. The molecule has 0 amide bonds. The van der Waals surface area contributed by atoms with E-state index in [2.05, 4.69) is 11.4 Å². The van der Waals surface area contributed by atoms with E-state index in [0.717, 1.165) is 6.04 Å². The maximum atomic E-state index is 3.56. The SMILES string of the molecule is C1=C(CCNC2CC2)CCCC1. The van der Waals surface area contributed by atoms with Crippen LogP contribution in [0.25, 0.3) is 0 Å². The third kappa shape index (κ3) is 2.63. The van der Waals surface area contributed by atoms with Crippen LogP contribution < -0.4 is 5.32 Å². The van der Waals surface area contributed by atoms with Gasteiger partial charge in [-0.3, -0.25) is 0 Å². The topological polar surface area (TPSA) is 12.0 Å². The minimum absolute atomic E-state index is 0.884. The normalized spacial score (nSPS) is 23.8. The Labute approximate surface area is 75.2 Å². The van der Waals surface area contributed by atoms with Crippen LogP contribution in [0.3, 0.4) is 0 Å². The lowest BCUT2D eigenvalue weighted by Crippen LogP contribution is -2.18. The Hall–Kier alpha value is -0.300. The van der Waals surface area contributed by atoms with Gasteiger partial charge in [0.25, 0.3) is 0 Å². The van der Waals surface area contributed by atoms with Gasteiger partial charge in [-0.1, -0.05) is 11.6 Å². The Bertz CT molecular complexity index is 168. The number of hydrogen-bond donors (Lipinski definition) is 1. The van der Waals surface area contributed by atoms with Gasteiger partial charge in [-0.2, -0.15) is 0 Å². The van der Waals surface area contributed by atoms with Gasteiger partial charge in [-0.05, 0) is 51.5 Å². The maximum absolute atomic E-state index is 3.56. The first-order valence-corrected chi connectivity index (χ1v) is 5.36. The van der Waals surface area contributed by atoms with Gasteiger partial charge in [0.2, 0.25) is 0 Å². The molecule has 1 N–H and O–H groups in total. The number of nitrogens with one attached hydrogen (secondary N) is 1. The highest BCUT2D eigenvalue weighted by molar-refractivity contribution is 5.05. The minimum Gasteiger partial charge on any atom is -0.314 e. The van der Waals surface area contributed by atoms with Crippen LogP contribution in [0.5, 0.6) is 0 Å². The second-order valence-electron chi connectivity index (χ2n) is 4.09. The van der Waals surface area contributed by atoms with Crippen LogP contribution in [0.15, 0.2) is 11.6 Å². The first kappa shape index (κ1) is 8.31. The van der Waals surface area contributed by atoms with Crippen LogP contribution in [0, 0.1) is 0 Å². The summed E-state index contributed by atoms with van der Waals surface area (Å²) in [4.78, 5) is 0. The summed E-state index contributed by atoms with van der Waals surface area (Å²) in [6.07, 6.45) is 12.1. The quantitative estimate of drug-likeness (QED) is 0.631. The summed E-state index contributed by atoms with van der Waals surface area (Å²) in [7, 11) is 0. The van der Waals surface area contributed by atoms with Crippen molar-refractivity contribution in [1.29, 1.82) is 0 Å².